The third-order valence-electron chi connectivity index (χ3n) is 3.58. The monoisotopic (exact) mass is 313 g/mol. The standard InChI is InChI=1S/C18H27N5/c1-3-19-18(20-4-2)22-15-17-21-12-14-23(17)13-8-11-16-9-6-5-7-10-16/h5-7,9-10,12,14H,3-4,8,11,13,15H2,1-2H3,(H2,19,20,22). The van der Waals surface area contributed by atoms with Crippen molar-refractivity contribution in [2.45, 2.75) is 39.8 Å². The second-order valence-corrected chi connectivity index (χ2v) is 5.35. The van der Waals surface area contributed by atoms with Gasteiger partial charge in [-0.2, -0.15) is 0 Å². The van der Waals surface area contributed by atoms with E-state index in [1.165, 1.54) is 5.56 Å². The second kappa shape index (κ2) is 9.66. The SMILES string of the molecule is CCNC(=NCc1nccn1CCCc1ccccc1)NCC. The van der Waals surface area contributed by atoms with Gasteiger partial charge in [-0.3, -0.25) is 0 Å². The molecule has 5 heteroatoms. The van der Waals surface area contributed by atoms with Crippen LogP contribution < -0.4 is 10.6 Å². The Morgan fingerprint density at radius 2 is 1.87 bits per heavy atom. The van der Waals surface area contributed by atoms with Gasteiger partial charge in [0.1, 0.15) is 12.4 Å². The Labute approximate surface area is 138 Å². The Balaban J connectivity index is 1.87. The van der Waals surface area contributed by atoms with E-state index in [1.54, 1.807) is 0 Å². The van der Waals surface area contributed by atoms with Gasteiger partial charge in [-0.05, 0) is 32.3 Å². The zero-order valence-electron chi connectivity index (χ0n) is 14.1. The summed E-state index contributed by atoms with van der Waals surface area (Å²) in [5, 5.41) is 6.46. The highest BCUT2D eigenvalue weighted by atomic mass is 15.2. The molecule has 0 aliphatic rings. The molecule has 1 heterocycles. The Morgan fingerprint density at radius 3 is 2.57 bits per heavy atom. The maximum atomic E-state index is 4.58. The first kappa shape index (κ1) is 17.1. The molecular weight excluding hydrogens is 286 g/mol. The number of hydrogen-bond acceptors (Lipinski definition) is 2. The van der Waals surface area contributed by atoms with E-state index in [2.05, 4.69) is 69.4 Å². The molecule has 0 atom stereocenters. The van der Waals surface area contributed by atoms with Crippen molar-refractivity contribution in [3.63, 3.8) is 0 Å². The van der Waals surface area contributed by atoms with Crippen molar-refractivity contribution >= 4 is 5.96 Å². The highest BCUT2D eigenvalue weighted by Crippen LogP contribution is 2.06. The number of nitrogens with zero attached hydrogens (tertiary/aromatic N) is 3. The molecular formula is C18H27N5. The fraction of sp³-hybridized carbons (Fsp3) is 0.444. The van der Waals surface area contributed by atoms with Crippen molar-refractivity contribution in [2.75, 3.05) is 13.1 Å². The van der Waals surface area contributed by atoms with Gasteiger partial charge in [-0.1, -0.05) is 30.3 Å². The summed E-state index contributed by atoms with van der Waals surface area (Å²) in [6.07, 6.45) is 6.08. The summed E-state index contributed by atoms with van der Waals surface area (Å²) in [7, 11) is 0. The lowest BCUT2D eigenvalue weighted by Gasteiger charge is -2.10. The number of imidazole rings is 1. The van der Waals surface area contributed by atoms with Crippen LogP contribution >= 0.6 is 0 Å². The Kier molecular flexibility index (Phi) is 7.17. The van der Waals surface area contributed by atoms with E-state index in [-0.39, 0.29) is 0 Å². The number of aliphatic imine (C=N–C) groups is 1. The normalized spacial score (nSPS) is 10.3. The first-order chi connectivity index (χ1) is 11.3. The molecule has 2 aromatic rings. The summed E-state index contributed by atoms with van der Waals surface area (Å²) in [5.74, 6) is 1.85. The van der Waals surface area contributed by atoms with Crippen LogP contribution in [-0.2, 0) is 19.5 Å². The smallest absolute Gasteiger partial charge is 0.191 e. The zero-order chi connectivity index (χ0) is 16.3. The van der Waals surface area contributed by atoms with Crippen LogP contribution in [0, 0.1) is 0 Å². The van der Waals surface area contributed by atoms with E-state index in [9.17, 15) is 0 Å². The second-order valence-electron chi connectivity index (χ2n) is 5.35. The van der Waals surface area contributed by atoms with Gasteiger partial charge in [0.05, 0.1) is 0 Å². The summed E-state index contributed by atoms with van der Waals surface area (Å²) in [6, 6.07) is 10.6. The number of benzene rings is 1. The van der Waals surface area contributed by atoms with E-state index in [0.717, 1.165) is 44.3 Å². The molecule has 0 spiro atoms. The Bertz CT molecular complexity index is 580. The van der Waals surface area contributed by atoms with Crippen LogP contribution in [0.5, 0.6) is 0 Å². The molecule has 0 radical (unpaired) electrons. The first-order valence-corrected chi connectivity index (χ1v) is 8.39. The lowest BCUT2D eigenvalue weighted by Crippen LogP contribution is -2.37. The van der Waals surface area contributed by atoms with Crippen molar-refractivity contribution < 1.29 is 0 Å². The van der Waals surface area contributed by atoms with Gasteiger partial charge < -0.3 is 15.2 Å². The van der Waals surface area contributed by atoms with E-state index < -0.39 is 0 Å². The lowest BCUT2D eigenvalue weighted by atomic mass is 10.1. The minimum atomic E-state index is 0.591. The lowest BCUT2D eigenvalue weighted by molar-refractivity contribution is 0.610. The van der Waals surface area contributed by atoms with Crippen molar-refractivity contribution in [1.29, 1.82) is 0 Å². The van der Waals surface area contributed by atoms with Crippen LogP contribution in [0.3, 0.4) is 0 Å². The number of guanidine groups is 1. The van der Waals surface area contributed by atoms with Crippen LogP contribution in [0.4, 0.5) is 0 Å². The fourth-order valence-corrected chi connectivity index (χ4v) is 2.45. The maximum absolute atomic E-state index is 4.58. The molecule has 2 rings (SSSR count). The summed E-state index contributed by atoms with van der Waals surface area (Å²) >= 11 is 0. The molecule has 0 bridgehead atoms. The molecule has 1 aromatic heterocycles. The number of nitrogens with one attached hydrogen (secondary N) is 2. The van der Waals surface area contributed by atoms with Gasteiger partial charge in [0.25, 0.3) is 0 Å². The van der Waals surface area contributed by atoms with E-state index in [1.807, 2.05) is 12.4 Å². The van der Waals surface area contributed by atoms with Crippen LogP contribution in [0.2, 0.25) is 0 Å². The minimum absolute atomic E-state index is 0.591. The van der Waals surface area contributed by atoms with Crippen molar-refractivity contribution in [1.82, 2.24) is 20.2 Å². The van der Waals surface area contributed by atoms with E-state index in [0.29, 0.717) is 6.54 Å². The number of aromatic nitrogens is 2. The van der Waals surface area contributed by atoms with Gasteiger partial charge in [0.2, 0.25) is 0 Å². The largest absolute Gasteiger partial charge is 0.357 e. The highest BCUT2D eigenvalue weighted by molar-refractivity contribution is 5.79. The molecule has 0 saturated heterocycles. The number of hydrogen-bond donors (Lipinski definition) is 2. The Morgan fingerprint density at radius 1 is 1.13 bits per heavy atom. The van der Waals surface area contributed by atoms with E-state index >= 15 is 0 Å². The van der Waals surface area contributed by atoms with Gasteiger partial charge >= 0.3 is 0 Å². The molecule has 0 unspecified atom stereocenters. The van der Waals surface area contributed by atoms with Gasteiger partial charge in [0, 0.05) is 32.0 Å². The topological polar surface area (TPSA) is 54.2 Å². The molecule has 0 aliphatic heterocycles. The molecule has 0 saturated carbocycles. The summed E-state index contributed by atoms with van der Waals surface area (Å²) in [4.78, 5) is 9.02. The van der Waals surface area contributed by atoms with Gasteiger partial charge in [-0.25, -0.2) is 9.98 Å². The van der Waals surface area contributed by atoms with Gasteiger partial charge in [-0.15, -0.1) is 0 Å². The third-order valence-corrected chi connectivity index (χ3v) is 3.58. The van der Waals surface area contributed by atoms with Crippen LogP contribution in [0.25, 0.3) is 0 Å². The van der Waals surface area contributed by atoms with Crippen LogP contribution in [0.15, 0.2) is 47.7 Å². The number of rotatable bonds is 8. The van der Waals surface area contributed by atoms with E-state index in [4.69, 9.17) is 0 Å². The average molecular weight is 313 g/mol. The predicted molar refractivity (Wildman–Crippen MR) is 95.5 cm³/mol. The molecule has 124 valence electrons. The molecule has 1 aromatic carbocycles. The number of aryl methyl sites for hydroxylation is 2. The fourth-order valence-electron chi connectivity index (χ4n) is 2.45. The van der Waals surface area contributed by atoms with Crippen molar-refractivity contribution in [3.05, 3.63) is 54.1 Å². The zero-order valence-corrected chi connectivity index (χ0v) is 14.1. The maximum Gasteiger partial charge on any atom is 0.191 e. The molecule has 0 aliphatic carbocycles. The predicted octanol–water partition coefficient (Wildman–Crippen LogP) is 2.59. The summed E-state index contributed by atoms with van der Waals surface area (Å²) < 4.78 is 2.20. The third kappa shape index (κ3) is 5.77. The van der Waals surface area contributed by atoms with Crippen molar-refractivity contribution in [3.8, 4) is 0 Å². The molecule has 0 amide bonds. The van der Waals surface area contributed by atoms with Crippen molar-refractivity contribution in [2.24, 2.45) is 4.99 Å². The first-order valence-electron chi connectivity index (χ1n) is 8.39. The highest BCUT2D eigenvalue weighted by Gasteiger charge is 2.03. The molecule has 23 heavy (non-hydrogen) atoms. The summed E-state index contributed by atoms with van der Waals surface area (Å²) in [6.45, 7) is 7.41. The minimum Gasteiger partial charge on any atom is -0.357 e. The Hall–Kier alpha value is -2.30. The quantitative estimate of drug-likeness (QED) is 0.582. The molecule has 2 N–H and O–H groups in total. The molecule has 5 nitrogen and oxygen atoms in total. The average Bonchev–Trinajstić information content (AvgIpc) is 3.01. The molecule has 0 fully saturated rings. The van der Waals surface area contributed by atoms with Crippen LogP contribution in [-0.4, -0.2) is 28.6 Å². The van der Waals surface area contributed by atoms with Crippen LogP contribution in [0.1, 0.15) is 31.7 Å². The van der Waals surface area contributed by atoms with Gasteiger partial charge in [0.15, 0.2) is 5.96 Å². The summed E-state index contributed by atoms with van der Waals surface area (Å²) in [5.41, 5.74) is 1.38.